The highest BCUT2D eigenvalue weighted by molar-refractivity contribution is 5.28. The number of alkyl halides is 13. The van der Waals surface area contributed by atoms with Gasteiger partial charge in [0.2, 0.25) is 0 Å². The largest absolute Gasteiger partial charge is 0.460 e. The summed E-state index contributed by atoms with van der Waals surface area (Å²) < 4.78 is 169. The second-order valence-electron chi connectivity index (χ2n) is 6.08. The van der Waals surface area contributed by atoms with Crippen LogP contribution < -0.4 is 0 Å². The average molecular weight is 454 g/mol. The van der Waals surface area contributed by atoms with Gasteiger partial charge in [0.1, 0.15) is 0 Å². The minimum absolute atomic E-state index is 0.0141. The van der Waals surface area contributed by atoms with E-state index in [0.29, 0.717) is 0 Å². The predicted molar refractivity (Wildman–Crippen MR) is 71.5 cm³/mol. The van der Waals surface area contributed by atoms with Crippen LogP contribution in [0.1, 0.15) is 23.7 Å². The average Bonchev–Trinajstić information content (AvgIpc) is 2.52. The third kappa shape index (κ3) is 3.87. The van der Waals surface area contributed by atoms with Gasteiger partial charge < -0.3 is 5.11 Å². The van der Waals surface area contributed by atoms with Crippen LogP contribution in [0.3, 0.4) is 0 Å². The topological polar surface area (TPSA) is 20.2 Å². The van der Waals surface area contributed by atoms with Gasteiger partial charge in [0.25, 0.3) is 0 Å². The summed E-state index contributed by atoms with van der Waals surface area (Å²) in [5.74, 6) is -37.3. The van der Waals surface area contributed by atoms with E-state index in [1.54, 1.807) is 0 Å². The summed E-state index contributed by atoms with van der Waals surface area (Å²) in [6, 6.07) is 4.46. The maximum absolute atomic E-state index is 13.7. The Morgan fingerprint density at radius 3 is 1.52 bits per heavy atom. The van der Waals surface area contributed by atoms with Crippen LogP contribution in [0.25, 0.3) is 0 Å². The van der Waals surface area contributed by atoms with Crippen molar-refractivity contribution >= 4 is 0 Å². The standard InChI is InChI=1S/C15H11F13O/c1-7-4-2-3-5-8(7)9(29)6-10(16,17)11(18,19)12(20,21)13(22,23)14(24,25)15(26,27)28/h2-5,9,29H,6H2,1H3. The normalized spacial score (nSPS) is 16.1. The highest BCUT2D eigenvalue weighted by Crippen LogP contribution is 2.61. The van der Waals surface area contributed by atoms with Gasteiger partial charge >= 0.3 is 35.8 Å². The quantitative estimate of drug-likeness (QED) is 0.490. The summed E-state index contributed by atoms with van der Waals surface area (Å²) in [5, 5.41) is 9.58. The first-order valence-electron chi connectivity index (χ1n) is 7.34. The molecule has 1 atom stereocenters. The molecule has 0 aromatic heterocycles. The van der Waals surface area contributed by atoms with E-state index in [9.17, 15) is 62.2 Å². The Labute approximate surface area is 154 Å². The fraction of sp³-hybridized carbons (Fsp3) is 0.600. The zero-order chi connectivity index (χ0) is 23.3. The van der Waals surface area contributed by atoms with E-state index in [1.165, 1.54) is 19.1 Å². The molecule has 0 amide bonds. The second kappa shape index (κ2) is 7.20. The molecule has 1 aromatic carbocycles. The summed E-state index contributed by atoms with van der Waals surface area (Å²) in [7, 11) is 0. The number of benzene rings is 1. The second-order valence-corrected chi connectivity index (χ2v) is 6.08. The SMILES string of the molecule is Cc1ccccc1C(O)CC(F)(F)C(F)(F)C(F)(F)C(F)(F)C(F)(F)C(F)(F)F. The molecule has 0 aliphatic heterocycles. The zero-order valence-electron chi connectivity index (χ0n) is 14.0. The molecule has 1 N–H and O–H groups in total. The Balaban J connectivity index is 3.37. The van der Waals surface area contributed by atoms with Crippen molar-refractivity contribution in [1.29, 1.82) is 0 Å². The molecule has 168 valence electrons. The van der Waals surface area contributed by atoms with Crippen molar-refractivity contribution in [3.05, 3.63) is 35.4 Å². The molecule has 1 aromatic rings. The van der Waals surface area contributed by atoms with E-state index >= 15 is 0 Å². The van der Waals surface area contributed by atoms with Crippen molar-refractivity contribution in [1.82, 2.24) is 0 Å². The van der Waals surface area contributed by atoms with Crippen molar-refractivity contribution in [3.8, 4) is 0 Å². The molecule has 0 fully saturated rings. The van der Waals surface area contributed by atoms with Crippen molar-refractivity contribution in [2.24, 2.45) is 0 Å². The molecule has 1 unspecified atom stereocenters. The first-order valence-corrected chi connectivity index (χ1v) is 7.34. The third-order valence-electron chi connectivity index (χ3n) is 4.00. The number of hydrogen-bond donors (Lipinski definition) is 1. The van der Waals surface area contributed by atoms with Crippen LogP contribution in [0.5, 0.6) is 0 Å². The lowest BCUT2D eigenvalue weighted by Gasteiger charge is -2.40. The maximum atomic E-state index is 13.7. The van der Waals surface area contributed by atoms with Crippen LogP contribution in [0, 0.1) is 6.92 Å². The van der Waals surface area contributed by atoms with Gasteiger partial charge in [-0.05, 0) is 18.1 Å². The van der Waals surface area contributed by atoms with Gasteiger partial charge in [0.15, 0.2) is 0 Å². The van der Waals surface area contributed by atoms with E-state index in [-0.39, 0.29) is 5.56 Å². The molecular weight excluding hydrogens is 443 g/mol. The van der Waals surface area contributed by atoms with E-state index in [0.717, 1.165) is 12.1 Å². The van der Waals surface area contributed by atoms with Crippen molar-refractivity contribution in [2.45, 2.75) is 55.2 Å². The Hall–Kier alpha value is -1.73. The molecule has 0 spiro atoms. The molecule has 0 saturated carbocycles. The first-order chi connectivity index (χ1) is 12.6. The number of hydrogen-bond acceptors (Lipinski definition) is 1. The number of aliphatic hydroxyl groups excluding tert-OH is 1. The molecule has 0 bridgehead atoms. The van der Waals surface area contributed by atoms with Crippen LogP contribution in [-0.4, -0.2) is 40.9 Å². The number of rotatable bonds is 7. The molecule has 0 radical (unpaired) electrons. The monoisotopic (exact) mass is 454 g/mol. The maximum Gasteiger partial charge on any atom is 0.460 e. The van der Waals surface area contributed by atoms with Crippen LogP contribution >= 0.6 is 0 Å². The van der Waals surface area contributed by atoms with E-state index in [1.807, 2.05) is 0 Å². The van der Waals surface area contributed by atoms with Crippen molar-refractivity contribution < 1.29 is 62.2 Å². The van der Waals surface area contributed by atoms with Gasteiger partial charge in [-0.3, -0.25) is 0 Å². The first kappa shape index (κ1) is 25.3. The summed E-state index contributed by atoms with van der Waals surface area (Å²) in [6.07, 6.45) is -12.8. The minimum Gasteiger partial charge on any atom is -0.388 e. The fourth-order valence-corrected chi connectivity index (χ4v) is 2.24. The third-order valence-corrected chi connectivity index (χ3v) is 4.00. The zero-order valence-corrected chi connectivity index (χ0v) is 14.0. The van der Waals surface area contributed by atoms with E-state index in [4.69, 9.17) is 0 Å². The lowest BCUT2D eigenvalue weighted by molar-refractivity contribution is -0.440. The number of halogens is 13. The molecule has 14 heteroatoms. The summed E-state index contributed by atoms with van der Waals surface area (Å²) in [4.78, 5) is 0. The number of aryl methyl sites for hydroxylation is 1. The van der Waals surface area contributed by atoms with Gasteiger partial charge in [-0.15, -0.1) is 0 Å². The molecule has 0 heterocycles. The Morgan fingerprint density at radius 1 is 0.690 bits per heavy atom. The van der Waals surface area contributed by atoms with Crippen LogP contribution in [-0.2, 0) is 0 Å². The molecule has 0 saturated heterocycles. The van der Waals surface area contributed by atoms with Gasteiger partial charge in [-0.2, -0.15) is 57.1 Å². The summed E-state index contributed by atoms with van der Waals surface area (Å²) in [6.45, 7) is 1.17. The van der Waals surface area contributed by atoms with Crippen LogP contribution in [0.2, 0.25) is 0 Å². The van der Waals surface area contributed by atoms with E-state index in [2.05, 4.69) is 0 Å². The molecule has 1 rings (SSSR count). The highest BCUT2D eigenvalue weighted by atomic mass is 19.4. The van der Waals surface area contributed by atoms with Crippen LogP contribution in [0.4, 0.5) is 57.1 Å². The lowest BCUT2D eigenvalue weighted by Crippen LogP contribution is -2.70. The van der Waals surface area contributed by atoms with Gasteiger partial charge in [0.05, 0.1) is 6.10 Å². The highest BCUT2D eigenvalue weighted by Gasteiger charge is 2.90. The minimum atomic E-state index is -7.95. The molecule has 0 aliphatic carbocycles. The molecule has 0 aliphatic rings. The molecule has 1 nitrogen and oxygen atoms in total. The molecular formula is C15H11F13O. The lowest BCUT2D eigenvalue weighted by atomic mass is 9.89. The smallest absolute Gasteiger partial charge is 0.388 e. The summed E-state index contributed by atoms with van der Waals surface area (Å²) in [5.41, 5.74) is -0.529. The van der Waals surface area contributed by atoms with Gasteiger partial charge in [-0.1, -0.05) is 24.3 Å². The Morgan fingerprint density at radius 2 is 1.10 bits per heavy atom. The van der Waals surface area contributed by atoms with Crippen molar-refractivity contribution in [2.75, 3.05) is 0 Å². The Kier molecular flexibility index (Phi) is 6.28. The molecule has 29 heavy (non-hydrogen) atoms. The fourth-order valence-electron chi connectivity index (χ4n) is 2.24. The van der Waals surface area contributed by atoms with Crippen molar-refractivity contribution in [3.63, 3.8) is 0 Å². The Bertz CT molecular complexity index is 723. The van der Waals surface area contributed by atoms with Crippen LogP contribution in [0.15, 0.2) is 24.3 Å². The number of aliphatic hydroxyl groups is 1. The predicted octanol–water partition coefficient (Wildman–Crippen LogP) is 6.16. The van der Waals surface area contributed by atoms with E-state index < -0.39 is 53.9 Å². The summed E-state index contributed by atoms with van der Waals surface area (Å²) >= 11 is 0. The van der Waals surface area contributed by atoms with Gasteiger partial charge in [0, 0.05) is 6.42 Å². The van der Waals surface area contributed by atoms with Gasteiger partial charge in [-0.25, -0.2) is 0 Å².